The third-order valence-electron chi connectivity index (χ3n) is 5.03. The van der Waals surface area contributed by atoms with Crippen molar-refractivity contribution in [3.63, 3.8) is 0 Å². The number of nitrogens with two attached hydrogens (primary N) is 1. The van der Waals surface area contributed by atoms with E-state index in [1.54, 1.807) is 0 Å². The van der Waals surface area contributed by atoms with Crippen LogP contribution in [0, 0.1) is 0 Å². The predicted octanol–water partition coefficient (Wildman–Crippen LogP) is 3.22. The number of hydrogen-bond acceptors (Lipinski definition) is 3. The van der Waals surface area contributed by atoms with E-state index >= 15 is 0 Å². The number of nitrogens with zero attached hydrogens (tertiary/aromatic N) is 1. The monoisotopic (exact) mass is 346 g/mol. The van der Waals surface area contributed by atoms with Gasteiger partial charge in [0.1, 0.15) is 5.54 Å². The van der Waals surface area contributed by atoms with E-state index in [2.05, 4.69) is 6.92 Å². The van der Waals surface area contributed by atoms with Crippen LogP contribution in [-0.2, 0) is 11.2 Å². The average Bonchev–Trinajstić information content (AvgIpc) is 3.02. The lowest BCUT2D eigenvalue weighted by molar-refractivity contribution is -0.142. The normalized spacial score (nSPS) is 20.0. The average molecular weight is 346 g/mol. The summed E-state index contributed by atoms with van der Waals surface area (Å²) in [6.45, 7) is 2.68. The van der Waals surface area contributed by atoms with Crippen molar-refractivity contribution in [1.29, 1.82) is 0 Å². The van der Waals surface area contributed by atoms with Gasteiger partial charge < -0.3 is 15.7 Å². The molecular weight excluding hydrogens is 316 g/mol. The number of aryl methyl sites for hydroxylation is 1. The van der Waals surface area contributed by atoms with Crippen LogP contribution in [0.25, 0.3) is 0 Å². The van der Waals surface area contributed by atoms with Gasteiger partial charge in [-0.25, -0.2) is 0 Å². The molecule has 1 unspecified atom stereocenters. The van der Waals surface area contributed by atoms with Crippen LogP contribution in [0.5, 0.6) is 0 Å². The molecule has 2 rings (SSSR count). The van der Waals surface area contributed by atoms with Crippen LogP contribution in [0.4, 0.5) is 0 Å². The summed E-state index contributed by atoms with van der Waals surface area (Å²) in [4.78, 5) is 25.2. The number of benzene rings is 1. The Hall–Kier alpha value is -1.88. The topological polar surface area (TPSA) is 83.6 Å². The second-order valence-corrected chi connectivity index (χ2v) is 7.15. The largest absolute Gasteiger partial charge is 0.480 e. The summed E-state index contributed by atoms with van der Waals surface area (Å²) < 4.78 is 0. The lowest BCUT2D eigenvalue weighted by atomic mass is 10.0. The molecule has 138 valence electrons. The van der Waals surface area contributed by atoms with Crippen molar-refractivity contribution in [1.82, 2.24) is 4.90 Å². The van der Waals surface area contributed by atoms with Crippen LogP contribution in [0.15, 0.2) is 24.3 Å². The molecule has 1 atom stereocenters. The van der Waals surface area contributed by atoms with Crippen molar-refractivity contribution < 1.29 is 14.7 Å². The first-order valence-corrected chi connectivity index (χ1v) is 9.37. The highest BCUT2D eigenvalue weighted by molar-refractivity contribution is 5.95. The van der Waals surface area contributed by atoms with Gasteiger partial charge in [0.05, 0.1) is 0 Å². The number of carboxylic acid groups (broad SMARTS) is 1. The third kappa shape index (κ3) is 5.30. The first-order chi connectivity index (χ1) is 12.0. The van der Waals surface area contributed by atoms with Gasteiger partial charge in [0.15, 0.2) is 0 Å². The minimum Gasteiger partial charge on any atom is -0.480 e. The van der Waals surface area contributed by atoms with Gasteiger partial charge in [-0.2, -0.15) is 0 Å². The summed E-state index contributed by atoms with van der Waals surface area (Å²) in [7, 11) is 0. The summed E-state index contributed by atoms with van der Waals surface area (Å²) in [5.74, 6) is -1.18. The van der Waals surface area contributed by atoms with Gasteiger partial charge in [0.25, 0.3) is 5.91 Å². The van der Waals surface area contributed by atoms with E-state index in [1.807, 2.05) is 24.3 Å². The Morgan fingerprint density at radius 3 is 2.36 bits per heavy atom. The zero-order valence-corrected chi connectivity index (χ0v) is 15.2. The maximum absolute atomic E-state index is 12.5. The molecule has 1 aliphatic rings. The summed E-state index contributed by atoms with van der Waals surface area (Å²) in [5.41, 5.74) is 6.37. The van der Waals surface area contributed by atoms with Gasteiger partial charge in [-0.05, 0) is 37.0 Å². The fraction of sp³-hybridized carbons (Fsp3) is 0.600. The zero-order valence-electron chi connectivity index (χ0n) is 15.2. The van der Waals surface area contributed by atoms with E-state index in [1.165, 1.54) is 49.0 Å². The highest BCUT2D eigenvalue weighted by Gasteiger charge is 2.43. The minimum absolute atomic E-state index is 0.0701. The smallest absolute Gasteiger partial charge is 0.325 e. The van der Waals surface area contributed by atoms with E-state index in [-0.39, 0.29) is 12.5 Å². The molecule has 1 saturated heterocycles. The van der Waals surface area contributed by atoms with Gasteiger partial charge in [-0.15, -0.1) is 0 Å². The molecule has 5 nitrogen and oxygen atoms in total. The second-order valence-electron chi connectivity index (χ2n) is 7.15. The summed E-state index contributed by atoms with van der Waals surface area (Å²) >= 11 is 0. The van der Waals surface area contributed by atoms with Crippen LogP contribution < -0.4 is 5.73 Å². The van der Waals surface area contributed by atoms with E-state index in [0.29, 0.717) is 18.5 Å². The molecule has 3 N–H and O–H groups in total. The molecule has 1 fully saturated rings. The van der Waals surface area contributed by atoms with Gasteiger partial charge in [0, 0.05) is 18.7 Å². The minimum atomic E-state index is -1.31. The Balaban J connectivity index is 1.81. The Morgan fingerprint density at radius 1 is 1.12 bits per heavy atom. The molecule has 0 aliphatic carbocycles. The fourth-order valence-electron chi connectivity index (χ4n) is 3.29. The Bertz CT molecular complexity index is 585. The number of unbranched alkanes of at least 4 members (excludes halogenated alkanes) is 5. The molecule has 1 aromatic carbocycles. The molecular formula is C20H30N2O3. The van der Waals surface area contributed by atoms with E-state index < -0.39 is 11.5 Å². The number of carbonyl (C=O) groups is 2. The van der Waals surface area contributed by atoms with E-state index in [4.69, 9.17) is 10.8 Å². The van der Waals surface area contributed by atoms with Crippen molar-refractivity contribution in [3.8, 4) is 0 Å². The standard InChI is InChI=1S/C20H30N2O3/c1-2-3-4-5-6-7-8-16-9-11-17(12-10-16)18(23)22-14-13-20(21,15-22)19(24)25/h9-12H,2-8,13-15,21H2,1H3,(H,24,25). The maximum Gasteiger partial charge on any atom is 0.325 e. The van der Waals surface area contributed by atoms with Crippen molar-refractivity contribution in [3.05, 3.63) is 35.4 Å². The van der Waals surface area contributed by atoms with Gasteiger partial charge in [-0.3, -0.25) is 9.59 Å². The zero-order chi connectivity index (χ0) is 18.3. The number of carboxylic acids is 1. The number of aliphatic carboxylic acids is 1. The lowest BCUT2D eigenvalue weighted by Gasteiger charge is -2.20. The van der Waals surface area contributed by atoms with Crippen molar-refractivity contribution >= 4 is 11.9 Å². The molecule has 0 aromatic heterocycles. The molecule has 0 spiro atoms. The molecule has 0 bridgehead atoms. The maximum atomic E-state index is 12.5. The molecule has 1 aromatic rings. The number of likely N-dealkylation sites (tertiary alicyclic amines) is 1. The summed E-state index contributed by atoms with van der Waals surface area (Å²) in [6.07, 6.45) is 8.96. The molecule has 1 amide bonds. The summed E-state index contributed by atoms with van der Waals surface area (Å²) in [6, 6.07) is 7.68. The van der Waals surface area contributed by atoms with Crippen molar-refractivity contribution in [2.24, 2.45) is 5.73 Å². The lowest BCUT2D eigenvalue weighted by Crippen LogP contribution is -2.50. The molecule has 1 aliphatic heterocycles. The van der Waals surface area contributed by atoms with Crippen LogP contribution in [0.1, 0.15) is 67.8 Å². The molecule has 0 radical (unpaired) electrons. The van der Waals surface area contributed by atoms with Gasteiger partial charge in [0.2, 0.25) is 0 Å². The Labute approximate surface area is 150 Å². The number of hydrogen-bond donors (Lipinski definition) is 2. The highest BCUT2D eigenvalue weighted by Crippen LogP contribution is 2.21. The predicted molar refractivity (Wildman–Crippen MR) is 98.6 cm³/mol. The second kappa shape index (κ2) is 8.99. The van der Waals surface area contributed by atoms with E-state index in [9.17, 15) is 9.59 Å². The highest BCUT2D eigenvalue weighted by atomic mass is 16.4. The Kier molecular flexibility index (Phi) is 7.00. The Morgan fingerprint density at radius 2 is 1.76 bits per heavy atom. The molecule has 25 heavy (non-hydrogen) atoms. The molecule has 0 saturated carbocycles. The SMILES string of the molecule is CCCCCCCCc1ccc(C(=O)N2CCC(N)(C(=O)O)C2)cc1. The van der Waals surface area contributed by atoms with Gasteiger partial charge >= 0.3 is 5.97 Å². The van der Waals surface area contributed by atoms with Crippen LogP contribution in [0.2, 0.25) is 0 Å². The quantitative estimate of drug-likeness (QED) is 0.673. The number of rotatable bonds is 9. The number of amides is 1. The van der Waals surface area contributed by atoms with Crippen LogP contribution in [0.3, 0.4) is 0 Å². The van der Waals surface area contributed by atoms with Crippen molar-refractivity contribution in [2.75, 3.05) is 13.1 Å². The van der Waals surface area contributed by atoms with Gasteiger partial charge in [-0.1, -0.05) is 51.2 Å². The molecule has 1 heterocycles. The van der Waals surface area contributed by atoms with Crippen LogP contribution >= 0.6 is 0 Å². The van der Waals surface area contributed by atoms with E-state index in [0.717, 1.165) is 6.42 Å². The first-order valence-electron chi connectivity index (χ1n) is 9.37. The fourth-order valence-corrected chi connectivity index (χ4v) is 3.29. The third-order valence-corrected chi connectivity index (χ3v) is 5.03. The first kappa shape index (κ1) is 19.4. The number of carbonyl (C=O) groups excluding carboxylic acids is 1. The summed E-state index contributed by atoms with van der Waals surface area (Å²) in [5, 5.41) is 9.17. The molecule has 5 heteroatoms. The van der Waals surface area contributed by atoms with Crippen molar-refractivity contribution in [2.45, 2.75) is 63.8 Å². The van der Waals surface area contributed by atoms with Crippen LogP contribution in [-0.4, -0.2) is 40.5 Å².